The number of morpholine rings is 1. The zero-order valence-corrected chi connectivity index (χ0v) is 13.1. The number of carbonyl (C=O) groups excluding carboxylic acids is 2. The third-order valence-electron chi connectivity index (χ3n) is 4.29. The molecule has 1 aromatic rings. The molecule has 0 saturated carbocycles. The van der Waals surface area contributed by atoms with Crippen molar-refractivity contribution in [1.29, 1.82) is 0 Å². The summed E-state index contributed by atoms with van der Waals surface area (Å²) in [6, 6.07) is 3.27. The third kappa shape index (κ3) is 3.81. The first kappa shape index (κ1) is 16.6. The lowest BCUT2D eigenvalue weighted by atomic mass is 10.0. The molecule has 0 bridgehead atoms. The van der Waals surface area contributed by atoms with Crippen molar-refractivity contribution in [2.24, 2.45) is 0 Å². The lowest BCUT2D eigenvalue weighted by Gasteiger charge is -2.40. The number of hydrogen-bond acceptors (Lipinski definition) is 3. The van der Waals surface area contributed by atoms with E-state index in [1.54, 1.807) is 4.90 Å². The lowest BCUT2D eigenvalue weighted by Crippen LogP contribution is -2.62. The van der Waals surface area contributed by atoms with Gasteiger partial charge in [0.05, 0.1) is 12.1 Å². The number of ether oxygens (including phenoxy) is 1. The van der Waals surface area contributed by atoms with Crippen molar-refractivity contribution in [3.05, 3.63) is 35.4 Å². The van der Waals surface area contributed by atoms with Crippen LogP contribution in [-0.4, -0.2) is 55.2 Å². The predicted octanol–water partition coefficient (Wildman–Crippen LogP) is 0.806. The summed E-state index contributed by atoms with van der Waals surface area (Å²) in [5.41, 5.74) is 0.612. The molecule has 2 N–H and O–H groups in total. The first-order chi connectivity index (χ1) is 11.5. The molecule has 0 unspecified atom stereocenters. The van der Waals surface area contributed by atoms with Crippen LogP contribution in [0.2, 0.25) is 0 Å². The topological polar surface area (TPSA) is 70.7 Å². The van der Waals surface area contributed by atoms with E-state index in [4.69, 9.17) is 4.74 Å². The average molecular weight is 339 g/mol. The molecule has 0 spiro atoms. The Hall–Kier alpha value is -2.22. The van der Waals surface area contributed by atoms with E-state index in [0.29, 0.717) is 38.0 Å². The first-order valence-corrected chi connectivity index (χ1v) is 7.90. The summed E-state index contributed by atoms with van der Waals surface area (Å²) in [6.45, 7) is 1.33. The highest BCUT2D eigenvalue weighted by Crippen LogP contribution is 2.17. The highest BCUT2D eigenvalue weighted by molar-refractivity contribution is 5.79. The van der Waals surface area contributed by atoms with Crippen LogP contribution < -0.4 is 10.6 Å². The molecule has 2 aliphatic rings. The highest BCUT2D eigenvalue weighted by Gasteiger charge is 2.36. The second-order valence-corrected chi connectivity index (χ2v) is 5.99. The molecule has 3 rings (SSSR count). The molecule has 3 amide bonds. The van der Waals surface area contributed by atoms with Crippen molar-refractivity contribution in [2.75, 3.05) is 26.2 Å². The molecule has 1 aromatic carbocycles. The first-order valence-electron chi connectivity index (χ1n) is 7.90. The number of nitrogens with one attached hydrogen (secondary N) is 2. The zero-order valence-electron chi connectivity index (χ0n) is 13.1. The summed E-state index contributed by atoms with van der Waals surface area (Å²) >= 11 is 0. The number of hydrogen-bond donors (Lipinski definition) is 2. The Balaban J connectivity index is 1.46. The largest absolute Gasteiger partial charge is 0.366 e. The second-order valence-electron chi connectivity index (χ2n) is 5.99. The van der Waals surface area contributed by atoms with Crippen molar-refractivity contribution in [1.82, 2.24) is 15.5 Å². The van der Waals surface area contributed by atoms with Crippen LogP contribution >= 0.6 is 0 Å². The van der Waals surface area contributed by atoms with E-state index in [1.165, 1.54) is 6.07 Å². The van der Waals surface area contributed by atoms with E-state index in [2.05, 4.69) is 10.6 Å². The fraction of sp³-hybridized carbons (Fsp3) is 0.500. The lowest BCUT2D eigenvalue weighted by molar-refractivity contribution is -0.139. The minimum atomic E-state index is -0.895. The molecule has 0 radical (unpaired) electrons. The number of likely N-dealkylation sites (tertiary alicyclic amines) is 1. The molecule has 6 nitrogen and oxygen atoms in total. The number of piperidine rings is 1. The van der Waals surface area contributed by atoms with Gasteiger partial charge in [0.15, 0.2) is 11.6 Å². The van der Waals surface area contributed by atoms with Gasteiger partial charge in [-0.15, -0.1) is 0 Å². The van der Waals surface area contributed by atoms with Crippen molar-refractivity contribution < 1.29 is 23.1 Å². The van der Waals surface area contributed by atoms with E-state index in [-0.39, 0.29) is 30.7 Å². The summed E-state index contributed by atoms with van der Waals surface area (Å²) in [7, 11) is 0. The quantitative estimate of drug-likeness (QED) is 0.856. The molecule has 2 heterocycles. The summed E-state index contributed by atoms with van der Waals surface area (Å²) in [6.07, 6.45) is 1.03. The molecular formula is C16H19F2N3O3. The van der Waals surface area contributed by atoms with Crippen molar-refractivity contribution in [3.8, 4) is 0 Å². The maximum Gasteiger partial charge on any atom is 0.317 e. The summed E-state index contributed by atoms with van der Waals surface area (Å²) in [5.74, 6) is -1.95. The Kier molecular flexibility index (Phi) is 4.94. The Morgan fingerprint density at radius 1 is 1.38 bits per heavy atom. The normalized spacial score (nSPS) is 23.4. The van der Waals surface area contributed by atoms with Gasteiger partial charge >= 0.3 is 6.03 Å². The maximum absolute atomic E-state index is 13.1. The van der Waals surface area contributed by atoms with Gasteiger partial charge in [-0.25, -0.2) is 13.6 Å². The van der Waals surface area contributed by atoms with E-state index in [1.807, 2.05) is 0 Å². The smallest absolute Gasteiger partial charge is 0.317 e. The third-order valence-corrected chi connectivity index (χ3v) is 4.29. The molecule has 130 valence electrons. The molecule has 0 aromatic heterocycles. The second kappa shape index (κ2) is 7.12. The molecule has 0 aliphatic carbocycles. The Morgan fingerprint density at radius 2 is 2.21 bits per heavy atom. The summed E-state index contributed by atoms with van der Waals surface area (Å²) in [5, 5.41) is 5.59. The summed E-state index contributed by atoms with van der Waals surface area (Å²) < 4.78 is 31.4. The highest BCUT2D eigenvalue weighted by atomic mass is 19.2. The minimum Gasteiger partial charge on any atom is -0.366 e. The fourth-order valence-corrected chi connectivity index (χ4v) is 3.00. The standard InChI is InChI=1S/C16H19F2N3O3/c17-11-2-1-10(7-12(11)18)3-5-19-16(23)21-6-4-14-13(8-21)20-15(22)9-24-14/h1-2,7,13-14H,3-6,8-9H2,(H,19,23)(H,20,22)/t13-,14+/m1/s1. The SMILES string of the molecule is O=C1CO[C@H]2CCN(C(=O)NCCc3ccc(F)c(F)c3)C[C@H]2N1. The van der Waals surface area contributed by atoms with Gasteiger partial charge in [0.1, 0.15) is 6.61 Å². The number of amides is 3. The van der Waals surface area contributed by atoms with Gasteiger partial charge in [-0.05, 0) is 30.5 Å². The predicted molar refractivity (Wildman–Crippen MR) is 81.3 cm³/mol. The van der Waals surface area contributed by atoms with Crippen LogP contribution in [0, 0.1) is 11.6 Å². The van der Waals surface area contributed by atoms with E-state index in [9.17, 15) is 18.4 Å². The monoisotopic (exact) mass is 339 g/mol. The van der Waals surface area contributed by atoms with E-state index in [0.717, 1.165) is 12.1 Å². The van der Waals surface area contributed by atoms with Gasteiger partial charge in [0, 0.05) is 19.6 Å². The molecule has 8 heteroatoms. The van der Waals surface area contributed by atoms with Crippen LogP contribution in [0.1, 0.15) is 12.0 Å². The van der Waals surface area contributed by atoms with Crippen LogP contribution in [0.5, 0.6) is 0 Å². The Bertz CT molecular complexity index is 641. The summed E-state index contributed by atoms with van der Waals surface area (Å²) in [4.78, 5) is 25.2. The van der Waals surface area contributed by atoms with Crippen LogP contribution in [0.15, 0.2) is 18.2 Å². The minimum absolute atomic E-state index is 0.0473. The molecule has 2 saturated heterocycles. The molecule has 2 aliphatic heterocycles. The number of nitrogens with zero attached hydrogens (tertiary/aromatic N) is 1. The van der Waals surface area contributed by atoms with E-state index >= 15 is 0 Å². The zero-order chi connectivity index (χ0) is 17.1. The maximum atomic E-state index is 13.1. The number of halogens is 2. The van der Waals surface area contributed by atoms with Gasteiger partial charge in [0.25, 0.3) is 0 Å². The fourth-order valence-electron chi connectivity index (χ4n) is 3.00. The number of carbonyl (C=O) groups is 2. The van der Waals surface area contributed by atoms with Crippen LogP contribution in [0.25, 0.3) is 0 Å². The molecular weight excluding hydrogens is 320 g/mol. The Morgan fingerprint density at radius 3 is 3.00 bits per heavy atom. The molecule has 2 atom stereocenters. The van der Waals surface area contributed by atoms with Crippen molar-refractivity contribution in [2.45, 2.75) is 25.0 Å². The van der Waals surface area contributed by atoms with Crippen molar-refractivity contribution >= 4 is 11.9 Å². The van der Waals surface area contributed by atoms with E-state index < -0.39 is 11.6 Å². The van der Waals surface area contributed by atoms with Crippen LogP contribution in [0.4, 0.5) is 13.6 Å². The van der Waals surface area contributed by atoms with Gasteiger partial charge in [-0.2, -0.15) is 0 Å². The number of urea groups is 1. The Labute approximate surface area is 138 Å². The van der Waals surface area contributed by atoms with Gasteiger partial charge < -0.3 is 20.3 Å². The molecule has 24 heavy (non-hydrogen) atoms. The molecule has 2 fully saturated rings. The van der Waals surface area contributed by atoms with Gasteiger partial charge in [-0.1, -0.05) is 6.07 Å². The van der Waals surface area contributed by atoms with Crippen molar-refractivity contribution in [3.63, 3.8) is 0 Å². The number of fused-ring (bicyclic) bond motifs is 1. The van der Waals surface area contributed by atoms with Gasteiger partial charge in [0.2, 0.25) is 5.91 Å². The average Bonchev–Trinajstić information content (AvgIpc) is 2.57. The van der Waals surface area contributed by atoms with Crippen LogP contribution in [0.3, 0.4) is 0 Å². The number of rotatable bonds is 3. The number of benzene rings is 1. The van der Waals surface area contributed by atoms with Gasteiger partial charge in [-0.3, -0.25) is 4.79 Å². The van der Waals surface area contributed by atoms with Crippen LogP contribution in [-0.2, 0) is 16.0 Å².